The van der Waals surface area contributed by atoms with E-state index in [-0.39, 0.29) is 11.9 Å². The molecule has 3 N–H and O–H groups in total. The molecule has 3 rings (SSSR count). The number of nitrogens with one attached hydrogen (secondary N) is 1. The van der Waals surface area contributed by atoms with E-state index >= 15 is 0 Å². The molecular formula is C21H28N4O2. The summed E-state index contributed by atoms with van der Waals surface area (Å²) in [6.45, 7) is 7.49. The Labute approximate surface area is 160 Å². The van der Waals surface area contributed by atoms with Crippen LogP contribution < -0.4 is 25.6 Å². The molecule has 2 aromatic carbocycles. The summed E-state index contributed by atoms with van der Waals surface area (Å²) in [5.74, 6) is 0.777. The Morgan fingerprint density at radius 3 is 2.22 bits per heavy atom. The third-order valence-corrected chi connectivity index (χ3v) is 4.77. The van der Waals surface area contributed by atoms with E-state index in [9.17, 15) is 4.79 Å². The van der Waals surface area contributed by atoms with Gasteiger partial charge in [-0.15, -0.1) is 0 Å². The Morgan fingerprint density at radius 2 is 1.67 bits per heavy atom. The van der Waals surface area contributed by atoms with Crippen molar-refractivity contribution in [2.75, 3.05) is 48.8 Å². The zero-order valence-electron chi connectivity index (χ0n) is 16.2. The molecule has 2 aromatic rings. The van der Waals surface area contributed by atoms with E-state index in [1.165, 1.54) is 5.69 Å². The van der Waals surface area contributed by atoms with Crippen molar-refractivity contribution in [2.24, 2.45) is 0 Å². The fourth-order valence-corrected chi connectivity index (χ4v) is 3.33. The molecule has 0 unspecified atom stereocenters. The van der Waals surface area contributed by atoms with Gasteiger partial charge in [0.1, 0.15) is 5.75 Å². The van der Waals surface area contributed by atoms with Crippen molar-refractivity contribution in [1.29, 1.82) is 0 Å². The van der Waals surface area contributed by atoms with Crippen molar-refractivity contribution < 1.29 is 9.53 Å². The minimum absolute atomic E-state index is 0.0902. The molecular weight excluding hydrogens is 340 g/mol. The van der Waals surface area contributed by atoms with Crippen LogP contribution in [0.2, 0.25) is 0 Å². The maximum Gasteiger partial charge on any atom is 0.251 e. The first-order chi connectivity index (χ1) is 13.0. The Balaban J connectivity index is 1.64. The minimum Gasteiger partial charge on any atom is -0.497 e. The lowest BCUT2D eigenvalue weighted by Gasteiger charge is -2.38. The lowest BCUT2D eigenvalue weighted by Crippen LogP contribution is -2.46. The number of ether oxygens (including phenoxy) is 1. The number of hydrogen-bond donors (Lipinski definition) is 2. The molecule has 0 spiro atoms. The summed E-state index contributed by atoms with van der Waals surface area (Å²) >= 11 is 0. The van der Waals surface area contributed by atoms with Gasteiger partial charge in [-0.05, 0) is 56.3 Å². The zero-order valence-corrected chi connectivity index (χ0v) is 16.2. The van der Waals surface area contributed by atoms with Crippen LogP contribution in [-0.4, -0.2) is 45.2 Å². The zero-order chi connectivity index (χ0) is 19.4. The molecule has 1 amide bonds. The van der Waals surface area contributed by atoms with Crippen LogP contribution in [-0.2, 0) is 0 Å². The fourth-order valence-electron chi connectivity index (χ4n) is 3.33. The molecule has 0 saturated carbocycles. The maximum absolute atomic E-state index is 12.1. The SMILES string of the molecule is COc1ccc(N2CCN(c3ccc(C(=O)NC(C)C)cc3N)CC2)cc1. The molecule has 27 heavy (non-hydrogen) atoms. The van der Waals surface area contributed by atoms with E-state index in [1.54, 1.807) is 13.2 Å². The topological polar surface area (TPSA) is 70.8 Å². The van der Waals surface area contributed by atoms with Gasteiger partial charge in [-0.2, -0.15) is 0 Å². The number of benzene rings is 2. The first-order valence-electron chi connectivity index (χ1n) is 9.32. The highest BCUT2D eigenvalue weighted by atomic mass is 16.5. The lowest BCUT2D eigenvalue weighted by atomic mass is 10.1. The molecule has 1 saturated heterocycles. The fraction of sp³-hybridized carbons (Fsp3) is 0.381. The average Bonchev–Trinajstić information content (AvgIpc) is 2.67. The predicted molar refractivity (Wildman–Crippen MR) is 111 cm³/mol. The van der Waals surface area contributed by atoms with Crippen molar-refractivity contribution in [3.63, 3.8) is 0 Å². The van der Waals surface area contributed by atoms with E-state index < -0.39 is 0 Å². The van der Waals surface area contributed by atoms with Crippen molar-refractivity contribution in [1.82, 2.24) is 5.32 Å². The molecule has 0 aliphatic carbocycles. The predicted octanol–water partition coefficient (Wildman–Crippen LogP) is 2.74. The Hall–Kier alpha value is -2.89. The molecule has 1 aliphatic rings. The number of amides is 1. The molecule has 6 nitrogen and oxygen atoms in total. The monoisotopic (exact) mass is 368 g/mol. The molecule has 1 heterocycles. The largest absolute Gasteiger partial charge is 0.497 e. The number of nitrogens with two attached hydrogens (primary N) is 1. The van der Waals surface area contributed by atoms with Gasteiger partial charge in [-0.25, -0.2) is 0 Å². The number of piperazine rings is 1. The van der Waals surface area contributed by atoms with Crippen LogP contribution in [0, 0.1) is 0 Å². The number of nitrogens with zero attached hydrogens (tertiary/aromatic N) is 2. The standard InChI is InChI=1S/C21H28N4O2/c1-15(2)23-21(26)16-4-9-20(19(22)14-16)25-12-10-24(11-13-25)17-5-7-18(27-3)8-6-17/h4-9,14-15H,10-13,22H2,1-3H3,(H,23,26). The first-order valence-corrected chi connectivity index (χ1v) is 9.32. The number of hydrogen-bond acceptors (Lipinski definition) is 5. The molecule has 0 atom stereocenters. The summed E-state index contributed by atoms with van der Waals surface area (Å²) in [4.78, 5) is 16.8. The van der Waals surface area contributed by atoms with E-state index in [4.69, 9.17) is 10.5 Å². The molecule has 1 fully saturated rings. The Kier molecular flexibility index (Phi) is 5.74. The molecule has 6 heteroatoms. The van der Waals surface area contributed by atoms with Gasteiger partial charge in [0.15, 0.2) is 0 Å². The van der Waals surface area contributed by atoms with Crippen LogP contribution in [0.15, 0.2) is 42.5 Å². The number of carbonyl (C=O) groups is 1. The van der Waals surface area contributed by atoms with Gasteiger partial charge in [-0.1, -0.05) is 0 Å². The van der Waals surface area contributed by atoms with E-state index in [1.807, 2.05) is 38.1 Å². The van der Waals surface area contributed by atoms with Crippen molar-refractivity contribution in [3.05, 3.63) is 48.0 Å². The van der Waals surface area contributed by atoms with Gasteiger partial charge in [0.2, 0.25) is 0 Å². The molecule has 144 valence electrons. The third-order valence-electron chi connectivity index (χ3n) is 4.77. The number of methoxy groups -OCH3 is 1. The van der Waals surface area contributed by atoms with Crippen LogP contribution in [0.3, 0.4) is 0 Å². The van der Waals surface area contributed by atoms with Crippen LogP contribution in [0.1, 0.15) is 24.2 Å². The summed E-state index contributed by atoms with van der Waals surface area (Å²) < 4.78 is 5.22. The maximum atomic E-state index is 12.1. The van der Waals surface area contributed by atoms with Gasteiger partial charge in [0.25, 0.3) is 5.91 Å². The molecule has 0 bridgehead atoms. The highest BCUT2D eigenvalue weighted by Crippen LogP contribution is 2.27. The molecule has 1 aliphatic heterocycles. The summed E-state index contributed by atoms with van der Waals surface area (Å²) in [5.41, 5.74) is 9.68. The summed E-state index contributed by atoms with van der Waals surface area (Å²) in [7, 11) is 1.68. The van der Waals surface area contributed by atoms with Crippen molar-refractivity contribution in [3.8, 4) is 5.75 Å². The molecule has 0 radical (unpaired) electrons. The highest BCUT2D eigenvalue weighted by Gasteiger charge is 2.20. The van der Waals surface area contributed by atoms with Crippen LogP contribution in [0.25, 0.3) is 0 Å². The quantitative estimate of drug-likeness (QED) is 0.794. The Bertz CT molecular complexity index is 781. The highest BCUT2D eigenvalue weighted by molar-refractivity contribution is 5.96. The first kappa shape index (κ1) is 18.9. The van der Waals surface area contributed by atoms with Gasteiger partial charge in [-0.3, -0.25) is 4.79 Å². The number of nitrogen functional groups attached to an aromatic ring is 1. The number of anilines is 3. The van der Waals surface area contributed by atoms with Gasteiger partial charge < -0.3 is 25.6 Å². The van der Waals surface area contributed by atoms with Gasteiger partial charge in [0, 0.05) is 43.5 Å². The van der Waals surface area contributed by atoms with Crippen LogP contribution >= 0.6 is 0 Å². The summed E-state index contributed by atoms with van der Waals surface area (Å²) in [6.07, 6.45) is 0. The van der Waals surface area contributed by atoms with Gasteiger partial charge in [0.05, 0.1) is 18.5 Å². The summed E-state index contributed by atoms with van der Waals surface area (Å²) in [5, 5.41) is 2.89. The third kappa shape index (κ3) is 4.45. The normalized spacial score (nSPS) is 14.4. The van der Waals surface area contributed by atoms with Crippen molar-refractivity contribution in [2.45, 2.75) is 19.9 Å². The van der Waals surface area contributed by atoms with Crippen LogP contribution in [0.5, 0.6) is 5.75 Å². The second kappa shape index (κ2) is 8.20. The molecule has 0 aromatic heterocycles. The smallest absolute Gasteiger partial charge is 0.251 e. The van der Waals surface area contributed by atoms with Crippen molar-refractivity contribution >= 4 is 23.0 Å². The number of carbonyl (C=O) groups excluding carboxylic acids is 1. The van der Waals surface area contributed by atoms with E-state index in [0.29, 0.717) is 11.3 Å². The van der Waals surface area contributed by atoms with Gasteiger partial charge >= 0.3 is 0 Å². The van der Waals surface area contributed by atoms with E-state index in [2.05, 4.69) is 27.2 Å². The minimum atomic E-state index is -0.0902. The second-order valence-electron chi connectivity index (χ2n) is 7.07. The van der Waals surface area contributed by atoms with Crippen LogP contribution in [0.4, 0.5) is 17.1 Å². The lowest BCUT2D eigenvalue weighted by molar-refractivity contribution is 0.0943. The summed E-state index contributed by atoms with van der Waals surface area (Å²) in [6, 6.07) is 13.8. The average molecular weight is 368 g/mol. The van der Waals surface area contributed by atoms with E-state index in [0.717, 1.165) is 37.6 Å². The number of rotatable bonds is 5. The second-order valence-corrected chi connectivity index (χ2v) is 7.07. The Morgan fingerprint density at radius 1 is 1.04 bits per heavy atom.